The molecule has 0 radical (unpaired) electrons. The van der Waals surface area contributed by atoms with Crippen LogP contribution in [-0.2, 0) is 15.1 Å². The molecule has 1 heterocycles. The van der Waals surface area contributed by atoms with Crippen LogP contribution in [0.4, 0.5) is 10.5 Å². The lowest BCUT2D eigenvalue weighted by molar-refractivity contribution is -0.136. The van der Waals surface area contributed by atoms with Crippen LogP contribution in [0, 0.1) is 18.3 Å². The zero-order valence-electron chi connectivity index (χ0n) is 15.8. The van der Waals surface area contributed by atoms with Crippen LogP contribution in [0.5, 0.6) is 0 Å². The van der Waals surface area contributed by atoms with Crippen LogP contribution < -0.4 is 10.6 Å². The van der Waals surface area contributed by atoms with Crippen LogP contribution in [0.2, 0.25) is 0 Å². The Morgan fingerprint density at radius 3 is 2.54 bits per heavy atom. The summed E-state index contributed by atoms with van der Waals surface area (Å²) >= 11 is 0. The third-order valence-corrected chi connectivity index (χ3v) is 4.88. The SMILES string of the molecule is Cc1ccc([C@@]2(C)NC(=O)N([C@H](C)C(=O)Nc3cccc(C#N)c3)C2=O)cc1. The fraction of sp³-hybridized carbons (Fsp3) is 0.238. The molecule has 0 unspecified atom stereocenters. The number of rotatable bonds is 4. The van der Waals surface area contributed by atoms with Crippen molar-refractivity contribution < 1.29 is 14.4 Å². The van der Waals surface area contributed by atoms with Gasteiger partial charge in [-0.15, -0.1) is 0 Å². The second kappa shape index (κ2) is 7.16. The number of aryl methyl sites for hydroxylation is 1. The van der Waals surface area contributed by atoms with E-state index in [0.717, 1.165) is 10.5 Å². The smallest absolute Gasteiger partial charge is 0.324 e. The molecule has 2 N–H and O–H groups in total. The van der Waals surface area contributed by atoms with E-state index in [1.54, 1.807) is 37.3 Å². The third-order valence-electron chi connectivity index (χ3n) is 4.88. The summed E-state index contributed by atoms with van der Waals surface area (Å²) in [5.74, 6) is -1.01. The number of nitriles is 1. The van der Waals surface area contributed by atoms with Gasteiger partial charge in [-0.1, -0.05) is 35.9 Å². The van der Waals surface area contributed by atoms with Gasteiger partial charge >= 0.3 is 6.03 Å². The maximum atomic E-state index is 13.0. The number of imide groups is 1. The number of carbonyl (C=O) groups is 3. The lowest BCUT2D eigenvalue weighted by Crippen LogP contribution is -2.47. The van der Waals surface area contributed by atoms with E-state index in [9.17, 15) is 14.4 Å². The van der Waals surface area contributed by atoms with E-state index in [-0.39, 0.29) is 0 Å². The van der Waals surface area contributed by atoms with Crippen molar-refractivity contribution in [3.63, 3.8) is 0 Å². The van der Waals surface area contributed by atoms with E-state index < -0.39 is 29.4 Å². The molecular formula is C21H20N4O3. The molecule has 0 saturated carbocycles. The summed E-state index contributed by atoms with van der Waals surface area (Å²) in [5.41, 5.74) is 1.26. The van der Waals surface area contributed by atoms with Crippen molar-refractivity contribution in [1.29, 1.82) is 5.26 Å². The molecule has 0 bridgehead atoms. The van der Waals surface area contributed by atoms with Gasteiger partial charge in [0.1, 0.15) is 11.6 Å². The summed E-state index contributed by atoms with van der Waals surface area (Å²) in [6, 6.07) is 14.1. The van der Waals surface area contributed by atoms with Gasteiger partial charge in [-0.2, -0.15) is 5.26 Å². The largest absolute Gasteiger partial charge is 0.326 e. The van der Waals surface area contributed by atoms with Gasteiger partial charge in [-0.05, 0) is 44.5 Å². The molecular weight excluding hydrogens is 356 g/mol. The number of nitrogens with zero attached hydrogens (tertiary/aromatic N) is 2. The van der Waals surface area contributed by atoms with Crippen molar-refractivity contribution >= 4 is 23.5 Å². The highest BCUT2D eigenvalue weighted by atomic mass is 16.2. The van der Waals surface area contributed by atoms with Crippen LogP contribution in [0.3, 0.4) is 0 Å². The fourth-order valence-electron chi connectivity index (χ4n) is 3.13. The summed E-state index contributed by atoms with van der Waals surface area (Å²) in [5, 5.41) is 14.3. The van der Waals surface area contributed by atoms with Crippen molar-refractivity contribution in [2.24, 2.45) is 0 Å². The highest BCUT2D eigenvalue weighted by Crippen LogP contribution is 2.30. The normalized spacial score (nSPS) is 19.7. The van der Waals surface area contributed by atoms with Gasteiger partial charge in [-0.3, -0.25) is 9.59 Å². The first kappa shape index (κ1) is 19.1. The number of anilines is 1. The first-order chi connectivity index (χ1) is 13.3. The first-order valence-corrected chi connectivity index (χ1v) is 8.80. The van der Waals surface area contributed by atoms with Crippen LogP contribution in [0.25, 0.3) is 0 Å². The summed E-state index contributed by atoms with van der Waals surface area (Å²) in [4.78, 5) is 39.1. The minimum atomic E-state index is -1.24. The number of urea groups is 1. The van der Waals surface area contributed by atoms with Crippen molar-refractivity contribution in [2.75, 3.05) is 5.32 Å². The van der Waals surface area contributed by atoms with Crippen molar-refractivity contribution in [3.05, 3.63) is 65.2 Å². The lowest BCUT2D eigenvalue weighted by Gasteiger charge is -2.24. The molecule has 142 valence electrons. The van der Waals surface area contributed by atoms with Gasteiger partial charge in [0.05, 0.1) is 11.6 Å². The van der Waals surface area contributed by atoms with E-state index >= 15 is 0 Å². The van der Waals surface area contributed by atoms with Crippen molar-refractivity contribution in [2.45, 2.75) is 32.4 Å². The fourth-order valence-corrected chi connectivity index (χ4v) is 3.13. The number of carbonyl (C=O) groups excluding carboxylic acids is 3. The molecule has 28 heavy (non-hydrogen) atoms. The molecule has 7 nitrogen and oxygen atoms in total. The Hall–Kier alpha value is -3.66. The van der Waals surface area contributed by atoms with Crippen LogP contribution in [0.1, 0.15) is 30.5 Å². The predicted octanol–water partition coefficient (Wildman–Crippen LogP) is 2.66. The van der Waals surface area contributed by atoms with Gasteiger partial charge in [0.2, 0.25) is 5.91 Å². The second-order valence-corrected chi connectivity index (χ2v) is 6.95. The molecule has 2 aromatic rings. The van der Waals surface area contributed by atoms with E-state index in [1.165, 1.54) is 13.0 Å². The van der Waals surface area contributed by atoms with Crippen molar-refractivity contribution in [3.8, 4) is 6.07 Å². The molecule has 1 aliphatic heterocycles. The molecule has 2 aromatic carbocycles. The molecule has 1 fully saturated rings. The quantitative estimate of drug-likeness (QED) is 0.801. The third kappa shape index (κ3) is 3.32. The Morgan fingerprint density at radius 2 is 1.89 bits per heavy atom. The highest BCUT2D eigenvalue weighted by Gasteiger charge is 2.51. The van der Waals surface area contributed by atoms with Gasteiger partial charge < -0.3 is 10.6 Å². The van der Waals surface area contributed by atoms with E-state index in [2.05, 4.69) is 10.6 Å². The second-order valence-electron chi connectivity index (χ2n) is 6.95. The average Bonchev–Trinajstić information content (AvgIpc) is 2.91. The maximum Gasteiger partial charge on any atom is 0.326 e. The predicted molar refractivity (Wildman–Crippen MR) is 103 cm³/mol. The van der Waals surface area contributed by atoms with Crippen LogP contribution >= 0.6 is 0 Å². The van der Waals surface area contributed by atoms with Gasteiger partial charge in [0.15, 0.2) is 0 Å². The molecule has 3 rings (SSSR count). The van der Waals surface area contributed by atoms with Crippen LogP contribution in [-0.4, -0.2) is 28.8 Å². The summed E-state index contributed by atoms with van der Waals surface area (Å²) in [6.45, 7) is 5.04. The average molecular weight is 376 g/mol. The maximum absolute atomic E-state index is 13.0. The lowest BCUT2D eigenvalue weighted by atomic mass is 9.91. The van der Waals surface area contributed by atoms with E-state index in [0.29, 0.717) is 16.8 Å². The van der Waals surface area contributed by atoms with E-state index in [1.807, 2.05) is 25.1 Å². The summed E-state index contributed by atoms with van der Waals surface area (Å²) in [7, 11) is 0. The number of nitrogens with one attached hydrogen (secondary N) is 2. The minimum absolute atomic E-state index is 0.396. The molecule has 0 spiro atoms. The molecule has 1 saturated heterocycles. The zero-order chi connectivity index (χ0) is 20.5. The molecule has 1 aliphatic rings. The zero-order valence-corrected chi connectivity index (χ0v) is 15.8. The Morgan fingerprint density at radius 1 is 1.21 bits per heavy atom. The standard InChI is InChI=1S/C21H20N4O3/c1-13-7-9-16(10-8-13)21(3)19(27)25(20(28)24-21)14(2)18(26)23-17-6-4-5-15(11-17)12-22/h4-11,14H,1-3H3,(H,23,26)(H,24,28)/t14-,21-/m1/s1. The van der Waals surface area contributed by atoms with Crippen molar-refractivity contribution in [1.82, 2.24) is 10.2 Å². The minimum Gasteiger partial charge on any atom is -0.324 e. The highest BCUT2D eigenvalue weighted by molar-refractivity contribution is 6.11. The number of hydrogen-bond donors (Lipinski definition) is 2. The molecule has 7 heteroatoms. The van der Waals surface area contributed by atoms with Crippen LogP contribution in [0.15, 0.2) is 48.5 Å². The van der Waals surface area contributed by atoms with Gasteiger partial charge in [-0.25, -0.2) is 9.69 Å². The molecule has 0 aliphatic carbocycles. The Balaban J connectivity index is 1.81. The summed E-state index contributed by atoms with van der Waals surface area (Å²) in [6.07, 6.45) is 0. The monoisotopic (exact) mass is 376 g/mol. The number of benzene rings is 2. The Kier molecular flexibility index (Phi) is 4.89. The Bertz CT molecular complexity index is 993. The Labute approximate surface area is 163 Å². The number of hydrogen-bond acceptors (Lipinski definition) is 4. The number of amides is 4. The molecule has 2 atom stereocenters. The van der Waals surface area contributed by atoms with E-state index in [4.69, 9.17) is 5.26 Å². The topological polar surface area (TPSA) is 102 Å². The van der Waals surface area contributed by atoms with Gasteiger partial charge in [0, 0.05) is 5.69 Å². The summed E-state index contributed by atoms with van der Waals surface area (Å²) < 4.78 is 0. The molecule has 4 amide bonds. The molecule has 0 aromatic heterocycles. The first-order valence-electron chi connectivity index (χ1n) is 8.80. The van der Waals surface area contributed by atoms with Gasteiger partial charge in [0.25, 0.3) is 5.91 Å².